The summed E-state index contributed by atoms with van der Waals surface area (Å²) in [6.45, 7) is 4.43. The van der Waals surface area contributed by atoms with Crippen molar-refractivity contribution in [3.63, 3.8) is 0 Å². The van der Waals surface area contributed by atoms with Gasteiger partial charge in [0.25, 0.3) is 0 Å². The average Bonchev–Trinajstić information content (AvgIpc) is 2.06. The molecular weight excluding hydrogens is 176 g/mol. The van der Waals surface area contributed by atoms with Crippen molar-refractivity contribution in [3.05, 3.63) is 23.8 Å². The smallest absolute Gasteiger partial charge is 0.307 e. The Kier molecular flexibility index (Phi) is 3.93. The van der Waals surface area contributed by atoms with Gasteiger partial charge in [0.2, 0.25) is 0 Å². The van der Waals surface area contributed by atoms with Gasteiger partial charge in [-0.05, 0) is 30.3 Å². The summed E-state index contributed by atoms with van der Waals surface area (Å²) in [5, 5.41) is 8.60. The summed E-state index contributed by atoms with van der Waals surface area (Å²) in [5.74, 6) is 0.565. The lowest BCUT2D eigenvalue weighted by Gasteiger charge is -2.17. The Hall–Kier alpha value is -1.05. The largest absolute Gasteiger partial charge is 0.481 e. The van der Waals surface area contributed by atoms with E-state index in [0.717, 1.165) is 12.0 Å². The molecule has 1 aliphatic carbocycles. The van der Waals surface area contributed by atoms with E-state index < -0.39 is 5.97 Å². The van der Waals surface area contributed by atoms with E-state index in [0.29, 0.717) is 11.8 Å². The predicted octanol–water partition coefficient (Wildman–Crippen LogP) is 3.01. The molecule has 0 radical (unpaired) electrons. The molecule has 1 rings (SSSR count). The van der Waals surface area contributed by atoms with Crippen LogP contribution in [-0.2, 0) is 4.79 Å². The average molecular weight is 194 g/mol. The van der Waals surface area contributed by atoms with Crippen LogP contribution in [0.2, 0.25) is 0 Å². The van der Waals surface area contributed by atoms with E-state index in [4.69, 9.17) is 5.11 Å². The number of hydrogen-bond acceptors (Lipinski definition) is 1. The molecule has 0 aromatic heterocycles. The van der Waals surface area contributed by atoms with Crippen molar-refractivity contribution in [3.8, 4) is 0 Å². The second kappa shape index (κ2) is 4.99. The number of rotatable bonds is 4. The van der Waals surface area contributed by atoms with E-state index in [1.54, 1.807) is 0 Å². The van der Waals surface area contributed by atoms with Crippen LogP contribution in [0.3, 0.4) is 0 Å². The molecule has 1 N–H and O–H groups in total. The lowest BCUT2D eigenvalue weighted by Crippen LogP contribution is -2.05. The van der Waals surface area contributed by atoms with Crippen LogP contribution in [0.1, 0.15) is 33.1 Å². The van der Waals surface area contributed by atoms with E-state index in [-0.39, 0.29) is 6.42 Å². The van der Waals surface area contributed by atoms with Crippen LogP contribution in [0.5, 0.6) is 0 Å². The summed E-state index contributed by atoms with van der Waals surface area (Å²) in [4.78, 5) is 10.5. The Morgan fingerprint density at radius 2 is 2.36 bits per heavy atom. The van der Waals surface area contributed by atoms with Gasteiger partial charge in [-0.2, -0.15) is 0 Å². The molecule has 78 valence electrons. The summed E-state index contributed by atoms with van der Waals surface area (Å²) in [6.07, 6.45) is 8.51. The molecule has 0 aliphatic heterocycles. The van der Waals surface area contributed by atoms with Crippen molar-refractivity contribution in [2.75, 3.05) is 0 Å². The Morgan fingerprint density at radius 1 is 1.64 bits per heavy atom. The molecule has 0 fully saturated rings. The monoisotopic (exact) mass is 194 g/mol. The molecule has 1 aliphatic rings. The SMILES string of the molecule is CC(C)CC1C=CC(CC(=O)O)=CC1. The van der Waals surface area contributed by atoms with Crippen LogP contribution in [-0.4, -0.2) is 11.1 Å². The van der Waals surface area contributed by atoms with E-state index in [1.165, 1.54) is 6.42 Å². The van der Waals surface area contributed by atoms with Crippen molar-refractivity contribution in [2.24, 2.45) is 11.8 Å². The quantitative estimate of drug-likeness (QED) is 0.747. The molecule has 0 saturated carbocycles. The molecule has 0 aromatic rings. The third-order valence-corrected chi connectivity index (χ3v) is 2.39. The minimum atomic E-state index is -0.747. The fraction of sp³-hybridized carbons (Fsp3) is 0.583. The van der Waals surface area contributed by atoms with Gasteiger partial charge in [-0.25, -0.2) is 0 Å². The Morgan fingerprint density at radius 3 is 2.79 bits per heavy atom. The van der Waals surface area contributed by atoms with Gasteiger partial charge in [-0.1, -0.05) is 32.1 Å². The minimum Gasteiger partial charge on any atom is -0.481 e. The second-order valence-corrected chi connectivity index (χ2v) is 4.33. The number of carbonyl (C=O) groups is 1. The topological polar surface area (TPSA) is 37.3 Å². The fourth-order valence-electron chi connectivity index (χ4n) is 1.80. The van der Waals surface area contributed by atoms with Crippen molar-refractivity contribution in [1.29, 1.82) is 0 Å². The highest BCUT2D eigenvalue weighted by molar-refractivity contribution is 5.71. The van der Waals surface area contributed by atoms with Crippen LogP contribution in [0.15, 0.2) is 23.8 Å². The summed E-state index contributed by atoms with van der Waals surface area (Å²) in [5.41, 5.74) is 0.942. The predicted molar refractivity (Wildman–Crippen MR) is 57.0 cm³/mol. The van der Waals surface area contributed by atoms with Crippen molar-refractivity contribution in [1.82, 2.24) is 0 Å². The first kappa shape index (κ1) is 11.0. The summed E-state index contributed by atoms with van der Waals surface area (Å²) in [6, 6.07) is 0. The zero-order chi connectivity index (χ0) is 10.6. The van der Waals surface area contributed by atoms with E-state index in [9.17, 15) is 4.79 Å². The van der Waals surface area contributed by atoms with Crippen LogP contribution >= 0.6 is 0 Å². The van der Waals surface area contributed by atoms with Gasteiger partial charge in [0.05, 0.1) is 6.42 Å². The van der Waals surface area contributed by atoms with E-state index in [1.807, 2.05) is 6.08 Å². The maximum absolute atomic E-state index is 10.5. The highest BCUT2D eigenvalue weighted by atomic mass is 16.4. The summed E-state index contributed by atoms with van der Waals surface area (Å²) in [7, 11) is 0. The van der Waals surface area contributed by atoms with Crippen LogP contribution in [0.25, 0.3) is 0 Å². The number of carboxylic acids is 1. The standard InChI is InChI=1S/C12H18O2/c1-9(2)7-10-3-5-11(6-4-10)8-12(13)14/h3,5-6,9-10H,4,7-8H2,1-2H3,(H,13,14). The van der Waals surface area contributed by atoms with Gasteiger partial charge < -0.3 is 5.11 Å². The third kappa shape index (κ3) is 3.77. The molecule has 14 heavy (non-hydrogen) atoms. The van der Waals surface area contributed by atoms with Gasteiger partial charge in [0.1, 0.15) is 0 Å². The molecule has 0 aromatic carbocycles. The highest BCUT2D eigenvalue weighted by Gasteiger charge is 2.11. The molecular formula is C12H18O2. The Bertz CT molecular complexity index is 261. The van der Waals surface area contributed by atoms with E-state index >= 15 is 0 Å². The molecule has 1 atom stereocenters. The fourth-order valence-corrected chi connectivity index (χ4v) is 1.80. The third-order valence-electron chi connectivity index (χ3n) is 2.39. The number of allylic oxidation sites excluding steroid dienone is 3. The van der Waals surface area contributed by atoms with Crippen molar-refractivity contribution >= 4 is 5.97 Å². The maximum Gasteiger partial charge on any atom is 0.307 e. The Labute approximate surface area is 85.3 Å². The number of aliphatic carboxylic acids is 1. The lowest BCUT2D eigenvalue weighted by atomic mass is 9.89. The maximum atomic E-state index is 10.5. The first-order valence-electron chi connectivity index (χ1n) is 5.17. The molecule has 2 heteroatoms. The van der Waals surface area contributed by atoms with Crippen molar-refractivity contribution < 1.29 is 9.90 Å². The van der Waals surface area contributed by atoms with Crippen LogP contribution in [0, 0.1) is 11.8 Å². The van der Waals surface area contributed by atoms with Gasteiger partial charge in [-0.15, -0.1) is 0 Å². The van der Waals surface area contributed by atoms with Gasteiger partial charge in [0.15, 0.2) is 0 Å². The van der Waals surface area contributed by atoms with Crippen molar-refractivity contribution in [2.45, 2.75) is 33.1 Å². The number of carboxylic acid groups (broad SMARTS) is 1. The number of hydrogen-bond donors (Lipinski definition) is 1. The molecule has 0 bridgehead atoms. The molecule has 1 unspecified atom stereocenters. The highest BCUT2D eigenvalue weighted by Crippen LogP contribution is 2.23. The minimum absolute atomic E-state index is 0.158. The molecule has 0 spiro atoms. The van der Waals surface area contributed by atoms with E-state index in [2.05, 4.69) is 26.0 Å². The summed E-state index contributed by atoms with van der Waals surface area (Å²) < 4.78 is 0. The van der Waals surface area contributed by atoms with Crippen LogP contribution < -0.4 is 0 Å². The van der Waals surface area contributed by atoms with Gasteiger partial charge in [0, 0.05) is 0 Å². The summed E-state index contributed by atoms with van der Waals surface area (Å²) >= 11 is 0. The zero-order valence-corrected chi connectivity index (χ0v) is 8.86. The zero-order valence-electron chi connectivity index (χ0n) is 8.86. The normalized spacial score (nSPS) is 21.1. The Balaban J connectivity index is 2.41. The first-order valence-corrected chi connectivity index (χ1v) is 5.17. The molecule has 0 saturated heterocycles. The van der Waals surface area contributed by atoms with Crippen LogP contribution in [0.4, 0.5) is 0 Å². The lowest BCUT2D eigenvalue weighted by molar-refractivity contribution is -0.136. The molecule has 0 amide bonds. The van der Waals surface area contributed by atoms with Gasteiger partial charge >= 0.3 is 5.97 Å². The molecule has 0 heterocycles. The molecule has 2 nitrogen and oxygen atoms in total. The van der Waals surface area contributed by atoms with Gasteiger partial charge in [-0.3, -0.25) is 4.79 Å². The first-order chi connectivity index (χ1) is 6.58. The second-order valence-electron chi connectivity index (χ2n) is 4.33.